The van der Waals surface area contributed by atoms with E-state index in [4.69, 9.17) is 28.0 Å². The summed E-state index contributed by atoms with van der Waals surface area (Å²) in [6.45, 7) is 2.15. The molecule has 3 aromatic carbocycles. The van der Waals surface area contributed by atoms with Crippen LogP contribution in [0.5, 0.6) is 0 Å². The molecule has 6 heteroatoms. The molecule has 4 aliphatic rings. The monoisotopic (exact) mass is 560 g/mol. The molecule has 4 bridgehead atoms. The predicted molar refractivity (Wildman–Crippen MR) is 158 cm³/mol. The SMILES string of the molecule is CC(=NOCc1ccc(Cl)cc1Cl)c1ccc(NC(=O)CC2(c3ccccc3)C3CC4CC(C3)CC2C4)cc1. The zero-order chi connectivity index (χ0) is 27.0. The number of benzene rings is 3. The Labute approximate surface area is 240 Å². The highest BCUT2D eigenvalue weighted by molar-refractivity contribution is 6.35. The molecule has 0 aromatic heterocycles. The normalized spacial score (nSPS) is 27.4. The first-order valence-corrected chi connectivity index (χ1v) is 14.7. The molecule has 0 saturated heterocycles. The van der Waals surface area contributed by atoms with Crippen molar-refractivity contribution in [3.05, 3.63) is 99.5 Å². The number of anilines is 1. The minimum Gasteiger partial charge on any atom is -0.391 e. The van der Waals surface area contributed by atoms with Crippen LogP contribution in [0.15, 0.2) is 78.0 Å². The number of rotatable bonds is 8. The van der Waals surface area contributed by atoms with Crippen LogP contribution >= 0.6 is 23.2 Å². The standard InChI is InChI=1S/C33H34Cl2N2O2/c1-21(37-39-20-25-7-10-29(34)18-31(25)35)24-8-11-30(12-9-24)36-32(38)19-33(26-5-3-2-4-6-26)27-14-22-13-23(16-27)17-28(33)15-22/h2-12,18,22-23,27-28H,13-17,19-20H2,1H3,(H,36,38). The molecule has 0 heterocycles. The predicted octanol–water partition coefficient (Wildman–Crippen LogP) is 8.66. The van der Waals surface area contributed by atoms with Gasteiger partial charge in [-0.3, -0.25) is 4.79 Å². The summed E-state index contributed by atoms with van der Waals surface area (Å²) < 4.78 is 0. The number of amides is 1. The zero-order valence-corrected chi connectivity index (χ0v) is 23.7. The second-order valence-corrected chi connectivity index (χ2v) is 12.5. The molecule has 0 unspecified atom stereocenters. The summed E-state index contributed by atoms with van der Waals surface area (Å²) >= 11 is 12.2. The van der Waals surface area contributed by atoms with E-state index < -0.39 is 0 Å². The van der Waals surface area contributed by atoms with Gasteiger partial charge in [-0.2, -0.15) is 0 Å². The lowest BCUT2D eigenvalue weighted by Gasteiger charge is -2.61. The minimum atomic E-state index is -0.0493. The number of nitrogens with zero attached hydrogens (tertiary/aromatic N) is 1. The molecule has 0 aliphatic heterocycles. The molecular formula is C33H34Cl2N2O2. The highest BCUT2D eigenvalue weighted by Crippen LogP contribution is 2.64. The van der Waals surface area contributed by atoms with Gasteiger partial charge in [0.05, 0.1) is 5.71 Å². The summed E-state index contributed by atoms with van der Waals surface area (Å²) in [4.78, 5) is 19.1. The lowest BCUT2D eigenvalue weighted by molar-refractivity contribution is -0.124. The molecule has 4 aliphatic carbocycles. The molecule has 1 N–H and O–H groups in total. The fourth-order valence-electron chi connectivity index (χ4n) is 7.79. The maximum atomic E-state index is 13.6. The first-order valence-electron chi connectivity index (χ1n) is 14.0. The van der Waals surface area contributed by atoms with Gasteiger partial charge < -0.3 is 10.2 Å². The second-order valence-electron chi connectivity index (χ2n) is 11.7. The minimum absolute atomic E-state index is 0.0493. The quantitative estimate of drug-likeness (QED) is 0.221. The fourth-order valence-corrected chi connectivity index (χ4v) is 8.25. The lowest BCUT2D eigenvalue weighted by atomic mass is 9.43. The summed E-state index contributed by atoms with van der Waals surface area (Å²) in [7, 11) is 0. The van der Waals surface area contributed by atoms with Crippen molar-refractivity contribution in [2.45, 2.75) is 57.5 Å². The molecule has 202 valence electrons. The number of carbonyl (C=O) groups is 1. The Morgan fingerprint density at radius 3 is 2.23 bits per heavy atom. The van der Waals surface area contributed by atoms with E-state index >= 15 is 0 Å². The maximum Gasteiger partial charge on any atom is 0.225 e. The Morgan fingerprint density at radius 1 is 0.923 bits per heavy atom. The van der Waals surface area contributed by atoms with Gasteiger partial charge in [-0.25, -0.2) is 0 Å². The second kappa shape index (κ2) is 11.0. The van der Waals surface area contributed by atoms with E-state index in [9.17, 15) is 4.79 Å². The number of hydrogen-bond acceptors (Lipinski definition) is 3. The third kappa shape index (κ3) is 5.34. The van der Waals surface area contributed by atoms with Crippen molar-refractivity contribution in [2.75, 3.05) is 5.32 Å². The van der Waals surface area contributed by atoms with Crippen LogP contribution < -0.4 is 5.32 Å². The Balaban J connectivity index is 1.12. The van der Waals surface area contributed by atoms with Gasteiger partial charge >= 0.3 is 0 Å². The number of oxime groups is 1. The number of carbonyl (C=O) groups excluding carboxylic acids is 1. The maximum absolute atomic E-state index is 13.6. The Bertz CT molecular complexity index is 1340. The van der Waals surface area contributed by atoms with Crippen LogP contribution in [0.4, 0.5) is 5.69 Å². The number of halogens is 2. The van der Waals surface area contributed by atoms with Gasteiger partial charge in [-0.05, 0) is 98.1 Å². The molecule has 3 aromatic rings. The molecule has 4 nitrogen and oxygen atoms in total. The average molecular weight is 562 g/mol. The van der Waals surface area contributed by atoms with Crippen LogP contribution in [0.3, 0.4) is 0 Å². The van der Waals surface area contributed by atoms with E-state index in [-0.39, 0.29) is 17.9 Å². The average Bonchev–Trinajstić information content (AvgIpc) is 2.92. The van der Waals surface area contributed by atoms with Gasteiger partial charge in [0.25, 0.3) is 0 Å². The molecule has 0 spiro atoms. The van der Waals surface area contributed by atoms with E-state index in [0.29, 0.717) is 28.3 Å². The van der Waals surface area contributed by atoms with Crippen LogP contribution in [0, 0.1) is 23.7 Å². The van der Waals surface area contributed by atoms with E-state index in [2.05, 4.69) is 40.8 Å². The third-order valence-corrected chi connectivity index (χ3v) is 9.97. The van der Waals surface area contributed by atoms with Gasteiger partial charge in [0.15, 0.2) is 0 Å². The molecule has 4 fully saturated rings. The Kier molecular flexibility index (Phi) is 7.43. The van der Waals surface area contributed by atoms with Crippen molar-refractivity contribution in [1.82, 2.24) is 0 Å². The van der Waals surface area contributed by atoms with Crippen molar-refractivity contribution in [3.63, 3.8) is 0 Å². The number of hydrogen-bond donors (Lipinski definition) is 1. The Morgan fingerprint density at radius 2 is 1.59 bits per heavy atom. The zero-order valence-electron chi connectivity index (χ0n) is 22.2. The smallest absolute Gasteiger partial charge is 0.225 e. The van der Waals surface area contributed by atoms with Gasteiger partial charge in [0.2, 0.25) is 5.91 Å². The lowest BCUT2D eigenvalue weighted by Crippen LogP contribution is -2.56. The largest absolute Gasteiger partial charge is 0.391 e. The number of nitrogens with one attached hydrogen (secondary N) is 1. The molecule has 0 atom stereocenters. The van der Waals surface area contributed by atoms with E-state index in [0.717, 1.165) is 34.4 Å². The van der Waals surface area contributed by atoms with E-state index in [1.165, 1.54) is 37.7 Å². The summed E-state index contributed by atoms with van der Waals surface area (Å²) in [5, 5.41) is 8.59. The van der Waals surface area contributed by atoms with Crippen molar-refractivity contribution in [3.8, 4) is 0 Å². The summed E-state index contributed by atoms with van der Waals surface area (Å²) in [5.41, 5.74) is 4.61. The molecule has 0 radical (unpaired) electrons. The van der Waals surface area contributed by atoms with Crippen LogP contribution in [-0.2, 0) is 21.7 Å². The van der Waals surface area contributed by atoms with Crippen LogP contribution in [-0.4, -0.2) is 11.6 Å². The van der Waals surface area contributed by atoms with Gasteiger partial charge in [0.1, 0.15) is 6.61 Å². The van der Waals surface area contributed by atoms with Gasteiger partial charge in [0, 0.05) is 33.1 Å². The van der Waals surface area contributed by atoms with Gasteiger partial charge in [-0.15, -0.1) is 0 Å². The molecule has 39 heavy (non-hydrogen) atoms. The van der Waals surface area contributed by atoms with E-state index in [1.54, 1.807) is 12.1 Å². The third-order valence-electron chi connectivity index (χ3n) is 9.38. The van der Waals surface area contributed by atoms with Crippen LogP contribution in [0.25, 0.3) is 0 Å². The highest BCUT2D eigenvalue weighted by atomic mass is 35.5. The topological polar surface area (TPSA) is 50.7 Å². The first kappa shape index (κ1) is 26.4. The van der Waals surface area contributed by atoms with Crippen molar-refractivity contribution in [2.24, 2.45) is 28.8 Å². The molecular weight excluding hydrogens is 527 g/mol. The summed E-state index contributed by atoms with van der Waals surface area (Å²) in [6.07, 6.45) is 7.04. The molecule has 4 saturated carbocycles. The van der Waals surface area contributed by atoms with Crippen molar-refractivity contribution in [1.29, 1.82) is 0 Å². The fraction of sp³-hybridized carbons (Fsp3) is 0.394. The van der Waals surface area contributed by atoms with Crippen LogP contribution in [0.2, 0.25) is 10.0 Å². The van der Waals surface area contributed by atoms with Gasteiger partial charge in [-0.1, -0.05) is 76.9 Å². The molecule has 1 amide bonds. The molecule has 7 rings (SSSR count). The van der Waals surface area contributed by atoms with Crippen molar-refractivity contribution >= 4 is 40.5 Å². The Hall–Kier alpha value is -2.82. The highest BCUT2D eigenvalue weighted by Gasteiger charge is 2.58. The van der Waals surface area contributed by atoms with E-state index in [1.807, 2.05) is 37.3 Å². The first-order chi connectivity index (χ1) is 18.9. The summed E-state index contributed by atoms with van der Waals surface area (Å²) in [5.74, 6) is 3.03. The van der Waals surface area contributed by atoms with Crippen LogP contribution in [0.1, 0.15) is 62.1 Å². The summed E-state index contributed by atoms with van der Waals surface area (Å²) in [6, 6.07) is 24.0. The van der Waals surface area contributed by atoms with Crippen molar-refractivity contribution < 1.29 is 9.63 Å².